The predicted octanol–water partition coefficient (Wildman–Crippen LogP) is 0.466. The lowest BCUT2D eigenvalue weighted by Gasteiger charge is -2.07. The van der Waals surface area contributed by atoms with Crippen LogP contribution in [-0.2, 0) is 9.84 Å². The Morgan fingerprint density at radius 2 is 2.06 bits per heavy atom. The fourth-order valence-electron chi connectivity index (χ4n) is 1.38. The number of ketones is 1. The Hall–Kier alpha value is -1.47. The van der Waals surface area contributed by atoms with Crippen LogP contribution in [0.4, 0.5) is 4.39 Å². The fraction of sp³-hybridized carbons (Fsp3) is 0.300. The minimum Gasteiger partial charge on any atom is -0.506 e. The summed E-state index contributed by atoms with van der Waals surface area (Å²) in [5.74, 6) is -2.55. The van der Waals surface area contributed by atoms with Crippen LogP contribution < -0.4 is 5.73 Å². The van der Waals surface area contributed by atoms with Gasteiger partial charge in [0.05, 0.1) is 5.56 Å². The van der Waals surface area contributed by atoms with E-state index in [-0.39, 0.29) is 18.5 Å². The van der Waals surface area contributed by atoms with Gasteiger partial charge in [0.25, 0.3) is 0 Å². The van der Waals surface area contributed by atoms with Crippen molar-refractivity contribution in [3.8, 4) is 5.75 Å². The summed E-state index contributed by atoms with van der Waals surface area (Å²) in [7, 11) is -3.94. The molecule has 5 nitrogen and oxygen atoms in total. The first-order valence-electron chi connectivity index (χ1n) is 4.73. The number of hydrogen-bond donors (Lipinski definition) is 2. The number of aromatic hydroxyl groups is 1. The smallest absolute Gasteiger partial charge is 0.182 e. The average Bonchev–Trinajstić information content (AvgIpc) is 2.15. The Morgan fingerprint density at radius 3 is 2.53 bits per heavy atom. The zero-order valence-corrected chi connectivity index (χ0v) is 9.92. The van der Waals surface area contributed by atoms with Gasteiger partial charge in [0, 0.05) is 12.7 Å². The second-order valence-corrected chi connectivity index (χ2v) is 5.46. The summed E-state index contributed by atoms with van der Waals surface area (Å²) in [6, 6.07) is 2.01. The first-order chi connectivity index (χ1) is 7.79. The Morgan fingerprint density at radius 1 is 1.47 bits per heavy atom. The first kappa shape index (κ1) is 13.6. The summed E-state index contributed by atoms with van der Waals surface area (Å²) in [6.45, 7) is 0.0351. The summed E-state index contributed by atoms with van der Waals surface area (Å²) < 4.78 is 36.3. The van der Waals surface area contributed by atoms with Gasteiger partial charge in [0.15, 0.2) is 21.4 Å². The molecule has 0 amide bonds. The van der Waals surface area contributed by atoms with Crippen molar-refractivity contribution in [2.24, 2.45) is 5.73 Å². The van der Waals surface area contributed by atoms with Gasteiger partial charge in [-0.15, -0.1) is 0 Å². The average molecular weight is 261 g/mol. The second kappa shape index (κ2) is 4.80. The molecule has 0 aromatic heterocycles. The van der Waals surface area contributed by atoms with E-state index in [9.17, 15) is 22.7 Å². The third-order valence-corrected chi connectivity index (χ3v) is 3.25. The molecule has 1 rings (SSSR count). The van der Waals surface area contributed by atoms with Gasteiger partial charge >= 0.3 is 0 Å². The van der Waals surface area contributed by atoms with Gasteiger partial charge < -0.3 is 10.8 Å². The van der Waals surface area contributed by atoms with E-state index in [1.54, 1.807) is 0 Å². The summed E-state index contributed by atoms with van der Waals surface area (Å²) in [5, 5.41) is 9.31. The molecular formula is C10H12FNO4S. The number of phenols is 1. The van der Waals surface area contributed by atoms with Gasteiger partial charge in [-0.05, 0) is 18.7 Å². The summed E-state index contributed by atoms with van der Waals surface area (Å²) >= 11 is 0. The normalized spacial score (nSPS) is 11.5. The lowest BCUT2D eigenvalue weighted by Crippen LogP contribution is -2.12. The lowest BCUT2D eigenvalue weighted by molar-refractivity contribution is 0.0981. The van der Waals surface area contributed by atoms with Crippen molar-refractivity contribution in [1.82, 2.24) is 0 Å². The minimum absolute atomic E-state index is 0.0351. The molecule has 1 aromatic rings. The maximum absolute atomic E-state index is 13.8. The van der Waals surface area contributed by atoms with E-state index in [4.69, 9.17) is 5.73 Å². The number of carbonyl (C=O) groups is 1. The molecule has 0 fully saturated rings. The van der Waals surface area contributed by atoms with Crippen LogP contribution in [-0.4, -0.2) is 32.1 Å². The van der Waals surface area contributed by atoms with Crippen LogP contribution in [0.1, 0.15) is 16.8 Å². The van der Waals surface area contributed by atoms with Crippen molar-refractivity contribution in [2.75, 3.05) is 12.8 Å². The van der Waals surface area contributed by atoms with Gasteiger partial charge in [-0.2, -0.15) is 0 Å². The van der Waals surface area contributed by atoms with Gasteiger partial charge in [-0.25, -0.2) is 12.8 Å². The molecule has 0 bridgehead atoms. The Kier molecular flexibility index (Phi) is 3.84. The standard InChI is InChI=1S/C10H12FNO4S/c1-17(15,16)10-8(14)3-2-6(9(10)11)7(13)4-5-12/h2-3,14H,4-5,12H2,1H3. The Bertz CT molecular complexity index is 554. The molecule has 94 valence electrons. The molecule has 7 heteroatoms. The molecule has 0 aliphatic carbocycles. The van der Waals surface area contributed by atoms with E-state index >= 15 is 0 Å². The highest BCUT2D eigenvalue weighted by Gasteiger charge is 2.24. The first-order valence-corrected chi connectivity index (χ1v) is 6.63. The zero-order chi connectivity index (χ0) is 13.2. The topological polar surface area (TPSA) is 97.5 Å². The maximum Gasteiger partial charge on any atom is 0.182 e. The zero-order valence-electron chi connectivity index (χ0n) is 9.10. The number of nitrogens with two attached hydrogens (primary N) is 1. The highest BCUT2D eigenvalue weighted by atomic mass is 32.2. The van der Waals surface area contributed by atoms with Gasteiger partial charge in [0.2, 0.25) is 0 Å². The van der Waals surface area contributed by atoms with Gasteiger partial charge in [-0.1, -0.05) is 0 Å². The SMILES string of the molecule is CS(=O)(=O)c1c(O)ccc(C(=O)CCN)c1F. The number of benzene rings is 1. The molecule has 0 unspecified atom stereocenters. The maximum atomic E-state index is 13.8. The van der Waals surface area contributed by atoms with Crippen molar-refractivity contribution in [1.29, 1.82) is 0 Å². The molecule has 0 spiro atoms. The van der Waals surface area contributed by atoms with Crippen LogP contribution in [0.15, 0.2) is 17.0 Å². The van der Waals surface area contributed by atoms with Crippen molar-refractivity contribution < 1.29 is 22.7 Å². The minimum atomic E-state index is -3.94. The fourth-order valence-corrected chi connectivity index (χ4v) is 2.26. The van der Waals surface area contributed by atoms with Crippen molar-refractivity contribution in [3.05, 3.63) is 23.5 Å². The van der Waals surface area contributed by atoms with Gasteiger partial charge in [0.1, 0.15) is 10.6 Å². The third-order valence-electron chi connectivity index (χ3n) is 2.12. The lowest BCUT2D eigenvalue weighted by atomic mass is 10.1. The number of carbonyl (C=O) groups excluding carboxylic acids is 1. The van der Waals surface area contributed by atoms with E-state index in [2.05, 4.69) is 0 Å². The summed E-state index contributed by atoms with van der Waals surface area (Å²) in [4.78, 5) is 10.6. The molecule has 0 saturated carbocycles. The highest BCUT2D eigenvalue weighted by molar-refractivity contribution is 7.90. The van der Waals surface area contributed by atoms with E-state index in [0.717, 1.165) is 18.4 Å². The van der Waals surface area contributed by atoms with Crippen molar-refractivity contribution in [3.63, 3.8) is 0 Å². The van der Waals surface area contributed by atoms with Crippen molar-refractivity contribution in [2.45, 2.75) is 11.3 Å². The van der Waals surface area contributed by atoms with Crippen LogP contribution >= 0.6 is 0 Å². The third kappa shape index (κ3) is 2.80. The largest absolute Gasteiger partial charge is 0.506 e. The molecule has 0 aliphatic heterocycles. The number of hydrogen-bond acceptors (Lipinski definition) is 5. The number of Topliss-reactive ketones (excluding diaryl/α,β-unsaturated/α-hetero) is 1. The van der Waals surface area contributed by atoms with Crippen LogP contribution in [0, 0.1) is 5.82 Å². The molecule has 0 atom stereocenters. The molecule has 0 saturated heterocycles. The Labute approximate surface area is 98.0 Å². The monoisotopic (exact) mass is 261 g/mol. The van der Waals surface area contributed by atoms with Crippen LogP contribution in [0.3, 0.4) is 0 Å². The molecule has 0 heterocycles. The molecule has 0 aliphatic rings. The number of rotatable bonds is 4. The van der Waals surface area contributed by atoms with Crippen molar-refractivity contribution >= 4 is 15.6 Å². The molecule has 1 aromatic carbocycles. The van der Waals surface area contributed by atoms with Gasteiger partial charge in [-0.3, -0.25) is 4.79 Å². The number of halogens is 1. The summed E-state index contributed by atoms with van der Waals surface area (Å²) in [5.41, 5.74) is 4.78. The van der Waals surface area contributed by atoms with Crippen LogP contribution in [0.2, 0.25) is 0 Å². The highest BCUT2D eigenvalue weighted by Crippen LogP contribution is 2.28. The molecule has 0 radical (unpaired) electrons. The number of phenolic OH excluding ortho intramolecular Hbond substituents is 1. The molecule has 17 heavy (non-hydrogen) atoms. The van der Waals surface area contributed by atoms with Crippen LogP contribution in [0.5, 0.6) is 5.75 Å². The predicted molar refractivity (Wildman–Crippen MR) is 59.2 cm³/mol. The van der Waals surface area contributed by atoms with Crippen LogP contribution in [0.25, 0.3) is 0 Å². The van der Waals surface area contributed by atoms with E-state index in [1.807, 2.05) is 0 Å². The quantitative estimate of drug-likeness (QED) is 0.768. The summed E-state index contributed by atoms with van der Waals surface area (Å²) in [6.07, 6.45) is 0.660. The van der Waals surface area contributed by atoms with E-state index in [0.29, 0.717) is 0 Å². The van der Waals surface area contributed by atoms with E-state index in [1.165, 1.54) is 0 Å². The molecule has 3 N–H and O–H groups in total. The molecular weight excluding hydrogens is 249 g/mol. The second-order valence-electron chi connectivity index (χ2n) is 3.51. The Balaban J connectivity index is 3.45. The number of sulfone groups is 1. The van der Waals surface area contributed by atoms with E-state index < -0.39 is 32.1 Å².